The molecule has 0 radical (unpaired) electrons. The fraction of sp³-hybridized carbons (Fsp3) is 0.182. The van der Waals surface area contributed by atoms with Crippen LogP contribution in [0.2, 0.25) is 0 Å². The molecule has 3 nitrogen and oxygen atoms in total. The molecule has 1 aromatic rings. The van der Waals surface area contributed by atoms with Crippen molar-refractivity contribution in [2.75, 3.05) is 5.88 Å². The van der Waals surface area contributed by atoms with Gasteiger partial charge in [-0.2, -0.15) is 0 Å². The van der Waals surface area contributed by atoms with Gasteiger partial charge in [0.2, 0.25) is 0 Å². The molecular weight excluding hydrogens is 212 g/mol. The van der Waals surface area contributed by atoms with E-state index in [1.165, 1.54) is 0 Å². The highest BCUT2D eigenvalue weighted by molar-refractivity contribution is 6.17. The third-order valence-electron chi connectivity index (χ3n) is 1.90. The summed E-state index contributed by atoms with van der Waals surface area (Å²) in [5.74, 6) is 0.741. The molecule has 0 fully saturated rings. The van der Waals surface area contributed by atoms with E-state index in [1.54, 1.807) is 12.1 Å². The third-order valence-corrected chi connectivity index (χ3v) is 2.12. The molecule has 0 aliphatic rings. The Balaban J connectivity index is 2.72. The van der Waals surface area contributed by atoms with Gasteiger partial charge in [-0.05, 0) is 12.0 Å². The van der Waals surface area contributed by atoms with Crippen LogP contribution in [0.4, 0.5) is 0 Å². The standard InChI is InChI=1S/C11H13ClN2O/c12-8-2-1-3-9-4-6-10(7-5-9)11(13)14-15/h1,3-7,15H,2,8H2,(H2,13,14). The molecule has 4 heteroatoms. The van der Waals surface area contributed by atoms with E-state index in [4.69, 9.17) is 22.5 Å². The van der Waals surface area contributed by atoms with E-state index in [2.05, 4.69) is 5.16 Å². The second-order valence-corrected chi connectivity index (χ2v) is 3.37. The van der Waals surface area contributed by atoms with Crippen LogP contribution in [-0.2, 0) is 0 Å². The van der Waals surface area contributed by atoms with E-state index in [-0.39, 0.29) is 5.84 Å². The topological polar surface area (TPSA) is 58.6 Å². The number of allylic oxidation sites excluding steroid dienone is 1. The zero-order valence-electron chi connectivity index (χ0n) is 8.23. The molecule has 0 bridgehead atoms. The number of nitrogens with zero attached hydrogens (tertiary/aromatic N) is 1. The van der Waals surface area contributed by atoms with Gasteiger partial charge in [0.15, 0.2) is 5.84 Å². The SMILES string of the molecule is NC(=NO)c1ccc(C=CCCCl)cc1. The second-order valence-electron chi connectivity index (χ2n) is 2.99. The van der Waals surface area contributed by atoms with Gasteiger partial charge < -0.3 is 10.9 Å². The minimum atomic E-state index is 0.117. The molecule has 0 aromatic heterocycles. The second kappa shape index (κ2) is 6.09. The molecule has 3 N–H and O–H groups in total. The summed E-state index contributed by atoms with van der Waals surface area (Å²) in [5.41, 5.74) is 7.20. The number of amidine groups is 1. The van der Waals surface area contributed by atoms with Crippen molar-refractivity contribution in [2.24, 2.45) is 10.9 Å². The van der Waals surface area contributed by atoms with Gasteiger partial charge in [0.1, 0.15) is 0 Å². The summed E-state index contributed by atoms with van der Waals surface area (Å²) in [6.07, 6.45) is 4.84. The summed E-state index contributed by atoms with van der Waals surface area (Å²) >= 11 is 5.54. The highest BCUT2D eigenvalue weighted by Crippen LogP contribution is 2.06. The van der Waals surface area contributed by atoms with Gasteiger partial charge in [0, 0.05) is 11.4 Å². The van der Waals surface area contributed by atoms with E-state index in [1.807, 2.05) is 24.3 Å². The molecule has 0 amide bonds. The van der Waals surface area contributed by atoms with Crippen molar-refractivity contribution in [3.05, 3.63) is 41.5 Å². The van der Waals surface area contributed by atoms with Crippen molar-refractivity contribution >= 4 is 23.5 Å². The van der Waals surface area contributed by atoms with Crippen LogP contribution in [0.5, 0.6) is 0 Å². The predicted molar refractivity (Wildman–Crippen MR) is 63.3 cm³/mol. The average Bonchev–Trinajstić information content (AvgIpc) is 2.29. The van der Waals surface area contributed by atoms with Crippen molar-refractivity contribution < 1.29 is 5.21 Å². The Hall–Kier alpha value is -1.48. The average molecular weight is 225 g/mol. The number of hydrogen-bond acceptors (Lipinski definition) is 2. The molecule has 0 saturated heterocycles. The molecular formula is C11H13ClN2O. The van der Waals surface area contributed by atoms with Crippen molar-refractivity contribution in [3.63, 3.8) is 0 Å². The molecule has 0 unspecified atom stereocenters. The summed E-state index contributed by atoms with van der Waals surface area (Å²) < 4.78 is 0. The first kappa shape index (κ1) is 11.6. The van der Waals surface area contributed by atoms with Gasteiger partial charge in [0.25, 0.3) is 0 Å². The van der Waals surface area contributed by atoms with Crippen LogP contribution in [0.1, 0.15) is 17.5 Å². The minimum Gasteiger partial charge on any atom is -0.409 e. The highest BCUT2D eigenvalue weighted by Gasteiger charge is 1.96. The molecule has 1 rings (SSSR count). The highest BCUT2D eigenvalue weighted by atomic mass is 35.5. The van der Waals surface area contributed by atoms with Crippen molar-refractivity contribution in [1.29, 1.82) is 0 Å². The molecule has 0 saturated carbocycles. The van der Waals surface area contributed by atoms with Crippen LogP contribution in [0.25, 0.3) is 6.08 Å². The van der Waals surface area contributed by atoms with Gasteiger partial charge >= 0.3 is 0 Å². The number of hydrogen-bond donors (Lipinski definition) is 2. The maximum absolute atomic E-state index is 8.47. The molecule has 0 aliphatic heterocycles. The van der Waals surface area contributed by atoms with Crippen LogP contribution in [0.3, 0.4) is 0 Å². The van der Waals surface area contributed by atoms with Gasteiger partial charge in [0.05, 0.1) is 0 Å². The predicted octanol–water partition coefficient (Wildman–Crippen LogP) is 2.42. The Morgan fingerprint density at radius 2 is 2.07 bits per heavy atom. The van der Waals surface area contributed by atoms with E-state index in [9.17, 15) is 0 Å². The van der Waals surface area contributed by atoms with Gasteiger partial charge in [-0.25, -0.2) is 0 Å². The molecule has 0 aliphatic carbocycles. The fourth-order valence-corrected chi connectivity index (χ4v) is 1.23. The summed E-state index contributed by atoms with van der Waals surface area (Å²) in [6, 6.07) is 7.40. The normalized spacial score (nSPS) is 12.2. The zero-order valence-corrected chi connectivity index (χ0v) is 8.98. The summed E-state index contributed by atoms with van der Waals surface area (Å²) in [5, 5.41) is 11.4. The molecule has 80 valence electrons. The number of halogens is 1. The van der Waals surface area contributed by atoms with E-state index in [0.29, 0.717) is 11.4 Å². The summed E-state index contributed by atoms with van der Waals surface area (Å²) in [4.78, 5) is 0. The number of nitrogens with two attached hydrogens (primary N) is 1. The van der Waals surface area contributed by atoms with Gasteiger partial charge in [-0.1, -0.05) is 41.6 Å². The van der Waals surface area contributed by atoms with Crippen molar-refractivity contribution in [1.82, 2.24) is 0 Å². The number of alkyl halides is 1. The van der Waals surface area contributed by atoms with Crippen LogP contribution in [-0.4, -0.2) is 16.9 Å². The van der Waals surface area contributed by atoms with Gasteiger partial charge in [-0.3, -0.25) is 0 Å². The Morgan fingerprint density at radius 1 is 1.40 bits per heavy atom. The van der Waals surface area contributed by atoms with Crippen LogP contribution in [0.15, 0.2) is 35.5 Å². The molecule has 1 aromatic carbocycles. The van der Waals surface area contributed by atoms with Crippen molar-refractivity contribution in [2.45, 2.75) is 6.42 Å². The lowest BCUT2D eigenvalue weighted by Gasteiger charge is -1.98. The zero-order chi connectivity index (χ0) is 11.1. The summed E-state index contributed by atoms with van der Waals surface area (Å²) in [6.45, 7) is 0. The van der Waals surface area contributed by atoms with E-state index < -0.39 is 0 Å². The number of rotatable bonds is 4. The third kappa shape index (κ3) is 3.64. The smallest absolute Gasteiger partial charge is 0.170 e. The number of oxime groups is 1. The lowest BCUT2D eigenvalue weighted by Crippen LogP contribution is -2.12. The molecule has 0 heterocycles. The Morgan fingerprint density at radius 3 is 2.60 bits per heavy atom. The fourth-order valence-electron chi connectivity index (χ4n) is 1.11. The number of benzene rings is 1. The van der Waals surface area contributed by atoms with Crippen LogP contribution < -0.4 is 5.73 Å². The first-order valence-corrected chi connectivity index (χ1v) is 5.12. The lowest BCUT2D eigenvalue weighted by molar-refractivity contribution is 0.318. The first-order chi connectivity index (χ1) is 7.27. The van der Waals surface area contributed by atoms with Crippen LogP contribution >= 0.6 is 11.6 Å². The van der Waals surface area contributed by atoms with Gasteiger partial charge in [-0.15, -0.1) is 11.6 Å². The quantitative estimate of drug-likeness (QED) is 0.271. The lowest BCUT2D eigenvalue weighted by atomic mass is 10.1. The molecule has 0 spiro atoms. The maximum atomic E-state index is 8.47. The Kier molecular flexibility index (Phi) is 4.71. The Bertz CT molecular complexity index is 357. The van der Waals surface area contributed by atoms with Crippen molar-refractivity contribution in [3.8, 4) is 0 Å². The van der Waals surface area contributed by atoms with E-state index >= 15 is 0 Å². The van der Waals surface area contributed by atoms with Crippen LogP contribution in [0, 0.1) is 0 Å². The maximum Gasteiger partial charge on any atom is 0.170 e. The summed E-state index contributed by atoms with van der Waals surface area (Å²) in [7, 11) is 0. The Labute approximate surface area is 93.9 Å². The largest absolute Gasteiger partial charge is 0.409 e. The minimum absolute atomic E-state index is 0.117. The monoisotopic (exact) mass is 224 g/mol. The first-order valence-electron chi connectivity index (χ1n) is 4.58. The molecule has 0 atom stereocenters. The molecule has 15 heavy (non-hydrogen) atoms. The van der Waals surface area contributed by atoms with E-state index in [0.717, 1.165) is 12.0 Å².